The number of guanidine groups is 1. The van der Waals surface area contributed by atoms with E-state index in [4.69, 9.17) is 5.14 Å². The number of benzene rings is 1. The lowest BCUT2D eigenvalue weighted by molar-refractivity contribution is 0.597. The molecule has 24 heavy (non-hydrogen) atoms. The molecule has 0 bridgehead atoms. The van der Waals surface area contributed by atoms with Crippen LogP contribution in [-0.4, -0.2) is 33.0 Å². The van der Waals surface area contributed by atoms with Gasteiger partial charge in [0.1, 0.15) is 0 Å². The molecule has 0 fully saturated rings. The lowest BCUT2D eigenvalue weighted by Crippen LogP contribution is -2.37. The van der Waals surface area contributed by atoms with E-state index in [2.05, 4.69) is 20.6 Å². The number of rotatable bonds is 6. The van der Waals surface area contributed by atoms with Crippen molar-refractivity contribution in [2.45, 2.75) is 17.9 Å². The number of primary sulfonamides is 1. The van der Waals surface area contributed by atoms with Gasteiger partial charge >= 0.3 is 0 Å². The molecule has 7 nitrogen and oxygen atoms in total. The summed E-state index contributed by atoms with van der Waals surface area (Å²) in [4.78, 5) is 8.51. The minimum atomic E-state index is -3.66. The summed E-state index contributed by atoms with van der Waals surface area (Å²) >= 11 is 0. The van der Waals surface area contributed by atoms with E-state index in [0.29, 0.717) is 19.0 Å². The summed E-state index contributed by atoms with van der Waals surface area (Å²) in [6, 6.07) is 12.2. The van der Waals surface area contributed by atoms with Crippen LogP contribution in [-0.2, 0) is 23.0 Å². The Balaban J connectivity index is 1.81. The van der Waals surface area contributed by atoms with Gasteiger partial charge in [0.05, 0.1) is 4.90 Å². The van der Waals surface area contributed by atoms with E-state index in [-0.39, 0.29) is 4.90 Å². The van der Waals surface area contributed by atoms with Crippen LogP contribution in [0, 0.1) is 0 Å². The van der Waals surface area contributed by atoms with Gasteiger partial charge in [-0.25, -0.2) is 13.6 Å². The molecule has 2 rings (SSSR count). The van der Waals surface area contributed by atoms with E-state index >= 15 is 0 Å². The zero-order valence-electron chi connectivity index (χ0n) is 13.4. The van der Waals surface area contributed by atoms with Crippen LogP contribution in [0.4, 0.5) is 0 Å². The summed E-state index contributed by atoms with van der Waals surface area (Å²) in [5.74, 6) is 0.668. The minimum Gasteiger partial charge on any atom is -0.356 e. The van der Waals surface area contributed by atoms with Gasteiger partial charge in [0, 0.05) is 38.4 Å². The van der Waals surface area contributed by atoms with Crippen molar-refractivity contribution in [3.8, 4) is 0 Å². The van der Waals surface area contributed by atoms with Gasteiger partial charge in [-0.1, -0.05) is 18.2 Å². The van der Waals surface area contributed by atoms with Crippen molar-refractivity contribution in [2.75, 3.05) is 13.6 Å². The molecule has 1 aromatic heterocycles. The van der Waals surface area contributed by atoms with E-state index in [1.54, 1.807) is 25.4 Å². The van der Waals surface area contributed by atoms with Gasteiger partial charge in [0.15, 0.2) is 5.96 Å². The summed E-state index contributed by atoms with van der Waals surface area (Å²) in [5, 5.41) is 11.5. The quantitative estimate of drug-likeness (QED) is 0.525. The first-order valence-corrected chi connectivity index (χ1v) is 9.00. The van der Waals surface area contributed by atoms with Gasteiger partial charge in [-0.2, -0.15) is 0 Å². The van der Waals surface area contributed by atoms with Crippen LogP contribution < -0.4 is 15.8 Å². The van der Waals surface area contributed by atoms with Gasteiger partial charge in [-0.3, -0.25) is 9.98 Å². The van der Waals surface area contributed by atoms with Crippen molar-refractivity contribution in [1.29, 1.82) is 0 Å². The molecule has 0 unspecified atom stereocenters. The fourth-order valence-corrected chi connectivity index (χ4v) is 2.57. The fraction of sp³-hybridized carbons (Fsp3) is 0.250. The predicted molar refractivity (Wildman–Crippen MR) is 94.0 cm³/mol. The van der Waals surface area contributed by atoms with Crippen molar-refractivity contribution in [2.24, 2.45) is 10.1 Å². The van der Waals surface area contributed by atoms with E-state index < -0.39 is 10.0 Å². The molecule has 1 aromatic carbocycles. The second-order valence-electron chi connectivity index (χ2n) is 5.11. The molecule has 0 aliphatic carbocycles. The number of hydrogen-bond acceptors (Lipinski definition) is 4. The van der Waals surface area contributed by atoms with Gasteiger partial charge in [-0.15, -0.1) is 0 Å². The smallest absolute Gasteiger partial charge is 0.238 e. The lowest BCUT2D eigenvalue weighted by Gasteiger charge is -2.12. The zero-order valence-corrected chi connectivity index (χ0v) is 14.3. The SMILES string of the molecule is CN=C(NCCc1ccccn1)NCc1ccc(S(N)(=O)=O)cc1. The molecule has 0 aliphatic heterocycles. The third-order valence-corrected chi connectivity index (χ3v) is 4.26. The van der Waals surface area contributed by atoms with Crippen molar-refractivity contribution < 1.29 is 8.42 Å². The second-order valence-corrected chi connectivity index (χ2v) is 6.67. The Hall–Kier alpha value is -2.45. The summed E-state index contributed by atoms with van der Waals surface area (Å²) in [6.45, 7) is 1.23. The highest BCUT2D eigenvalue weighted by atomic mass is 32.2. The molecule has 2 aromatic rings. The van der Waals surface area contributed by atoms with Crippen LogP contribution in [0.3, 0.4) is 0 Å². The van der Waals surface area contributed by atoms with Gasteiger partial charge in [-0.05, 0) is 29.8 Å². The van der Waals surface area contributed by atoms with Gasteiger partial charge in [0.25, 0.3) is 0 Å². The Morgan fingerprint density at radius 3 is 2.50 bits per heavy atom. The van der Waals surface area contributed by atoms with E-state index in [1.807, 2.05) is 18.2 Å². The van der Waals surface area contributed by atoms with Crippen molar-refractivity contribution in [3.05, 3.63) is 59.9 Å². The van der Waals surface area contributed by atoms with Crippen molar-refractivity contribution >= 4 is 16.0 Å². The number of pyridine rings is 1. The molecule has 0 amide bonds. The van der Waals surface area contributed by atoms with E-state index in [1.165, 1.54) is 12.1 Å². The molecule has 0 spiro atoms. The third-order valence-electron chi connectivity index (χ3n) is 3.34. The number of sulfonamides is 1. The number of hydrogen-bond donors (Lipinski definition) is 3. The molecule has 128 valence electrons. The van der Waals surface area contributed by atoms with Crippen LogP contribution in [0.5, 0.6) is 0 Å². The standard InChI is InChI=1S/C16H21N5O2S/c1-18-16(20-11-9-14-4-2-3-10-19-14)21-12-13-5-7-15(8-6-13)24(17,22)23/h2-8,10H,9,11-12H2,1H3,(H2,17,22,23)(H2,18,20,21). The topological polar surface area (TPSA) is 109 Å². The van der Waals surface area contributed by atoms with Crippen molar-refractivity contribution in [1.82, 2.24) is 15.6 Å². The Labute approximate surface area is 142 Å². The Bertz CT molecular complexity index is 774. The van der Waals surface area contributed by atoms with Crippen LogP contribution in [0.25, 0.3) is 0 Å². The van der Waals surface area contributed by atoms with Crippen LogP contribution in [0.1, 0.15) is 11.3 Å². The van der Waals surface area contributed by atoms with Crippen LogP contribution in [0.2, 0.25) is 0 Å². The fourth-order valence-electron chi connectivity index (χ4n) is 2.06. The number of nitrogens with one attached hydrogen (secondary N) is 2. The maximum Gasteiger partial charge on any atom is 0.238 e. The average molecular weight is 347 g/mol. The minimum absolute atomic E-state index is 0.101. The van der Waals surface area contributed by atoms with E-state index in [9.17, 15) is 8.42 Å². The van der Waals surface area contributed by atoms with Crippen molar-refractivity contribution in [3.63, 3.8) is 0 Å². The second kappa shape index (κ2) is 8.42. The highest BCUT2D eigenvalue weighted by Crippen LogP contribution is 2.08. The average Bonchev–Trinajstić information content (AvgIpc) is 2.58. The number of nitrogens with two attached hydrogens (primary N) is 1. The molecule has 0 atom stereocenters. The lowest BCUT2D eigenvalue weighted by atomic mass is 10.2. The monoisotopic (exact) mass is 347 g/mol. The normalized spacial score (nSPS) is 12.0. The molecular formula is C16H21N5O2S. The molecule has 0 aliphatic rings. The summed E-state index contributed by atoms with van der Waals surface area (Å²) < 4.78 is 22.4. The molecule has 0 saturated heterocycles. The third kappa shape index (κ3) is 5.64. The highest BCUT2D eigenvalue weighted by molar-refractivity contribution is 7.89. The van der Waals surface area contributed by atoms with Crippen LogP contribution >= 0.6 is 0 Å². The Kier molecular flexibility index (Phi) is 6.28. The molecular weight excluding hydrogens is 326 g/mol. The molecule has 4 N–H and O–H groups in total. The largest absolute Gasteiger partial charge is 0.356 e. The Morgan fingerprint density at radius 1 is 1.17 bits per heavy atom. The highest BCUT2D eigenvalue weighted by Gasteiger charge is 2.06. The summed E-state index contributed by atoms with van der Waals surface area (Å²) in [6.07, 6.45) is 2.57. The first kappa shape index (κ1) is 17.9. The number of aliphatic imine (C=N–C) groups is 1. The van der Waals surface area contributed by atoms with E-state index in [0.717, 1.165) is 17.7 Å². The summed E-state index contributed by atoms with van der Waals surface area (Å²) in [5.41, 5.74) is 1.94. The molecule has 8 heteroatoms. The summed E-state index contributed by atoms with van der Waals surface area (Å²) in [7, 11) is -1.96. The van der Waals surface area contributed by atoms with Crippen LogP contribution in [0.15, 0.2) is 58.5 Å². The van der Waals surface area contributed by atoms with Gasteiger partial charge < -0.3 is 10.6 Å². The number of nitrogens with zero attached hydrogens (tertiary/aromatic N) is 2. The maximum atomic E-state index is 11.2. The first-order valence-electron chi connectivity index (χ1n) is 7.45. The first-order chi connectivity index (χ1) is 11.5. The Morgan fingerprint density at radius 2 is 1.92 bits per heavy atom. The maximum absolute atomic E-state index is 11.2. The molecule has 0 saturated carbocycles. The molecule has 0 radical (unpaired) electrons. The van der Waals surface area contributed by atoms with Gasteiger partial charge in [0.2, 0.25) is 10.0 Å². The predicted octanol–water partition coefficient (Wildman–Crippen LogP) is 0.637. The zero-order chi connectivity index (χ0) is 17.4. The number of aromatic nitrogens is 1. The molecule has 1 heterocycles.